The molecule has 1 saturated heterocycles. The van der Waals surface area contributed by atoms with Gasteiger partial charge in [-0.2, -0.15) is 5.26 Å². The summed E-state index contributed by atoms with van der Waals surface area (Å²) in [6, 6.07) is 0.650. The van der Waals surface area contributed by atoms with Gasteiger partial charge in [-0.25, -0.2) is 0 Å². The molecule has 0 aliphatic carbocycles. The van der Waals surface area contributed by atoms with Gasteiger partial charge in [0, 0.05) is 19.1 Å². The summed E-state index contributed by atoms with van der Waals surface area (Å²) < 4.78 is 0. The first kappa shape index (κ1) is 9.34. The zero-order chi connectivity index (χ0) is 8.97. The van der Waals surface area contributed by atoms with Crippen LogP contribution in [-0.4, -0.2) is 30.6 Å². The molecule has 1 aliphatic rings. The van der Waals surface area contributed by atoms with Crippen LogP contribution in [0.3, 0.4) is 0 Å². The van der Waals surface area contributed by atoms with Crippen molar-refractivity contribution in [2.24, 2.45) is 5.92 Å². The van der Waals surface area contributed by atoms with Gasteiger partial charge in [0.1, 0.15) is 0 Å². The smallest absolute Gasteiger partial charge is 0.176 e. The third kappa shape index (κ3) is 2.38. The number of hydrogen-bond donors (Lipinski definition) is 1. The molecule has 1 aliphatic heterocycles. The fourth-order valence-electron chi connectivity index (χ4n) is 1.69. The zero-order valence-electron chi connectivity index (χ0n) is 7.88. The highest BCUT2D eigenvalue weighted by atomic mass is 15.2. The topological polar surface area (TPSA) is 39.1 Å². The molecule has 1 unspecified atom stereocenters. The maximum Gasteiger partial charge on any atom is 0.176 e. The number of rotatable bonds is 3. The summed E-state index contributed by atoms with van der Waals surface area (Å²) in [6.45, 7) is 7.63. The zero-order valence-corrected chi connectivity index (χ0v) is 7.88. The van der Waals surface area contributed by atoms with Crippen molar-refractivity contribution < 1.29 is 0 Å². The highest BCUT2D eigenvalue weighted by Crippen LogP contribution is 2.17. The van der Waals surface area contributed by atoms with Crippen LogP contribution in [0.2, 0.25) is 0 Å². The lowest BCUT2D eigenvalue weighted by Crippen LogP contribution is -2.29. The number of likely N-dealkylation sites (tertiary alicyclic amines) is 1. The van der Waals surface area contributed by atoms with Crippen LogP contribution >= 0.6 is 0 Å². The van der Waals surface area contributed by atoms with E-state index in [1.165, 1.54) is 13.0 Å². The molecule has 3 nitrogen and oxygen atoms in total. The average Bonchev–Trinajstić information content (AvgIpc) is 2.48. The second-order valence-electron chi connectivity index (χ2n) is 3.74. The van der Waals surface area contributed by atoms with E-state index in [0.29, 0.717) is 12.0 Å². The molecule has 1 fully saturated rings. The molecular formula is C9H17N3. The third-order valence-electron chi connectivity index (χ3n) is 2.52. The molecule has 1 heterocycles. The van der Waals surface area contributed by atoms with Crippen LogP contribution in [-0.2, 0) is 0 Å². The van der Waals surface area contributed by atoms with E-state index in [9.17, 15) is 0 Å². The summed E-state index contributed by atoms with van der Waals surface area (Å²) in [5.74, 6) is 0.673. The van der Waals surface area contributed by atoms with Crippen LogP contribution in [0, 0.1) is 17.4 Å². The summed E-state index contributed by atoms with van der Waals surface area (Å²) in [6.07, 6.45) is 3.20. The van der Waals surface area contributed by atoms with Crippen LogP contribution in [0.5, 0.6) is 0 Å². The lowest BCUT2D eigenvalue weighted by atomic mass is 10.1. The van der Waals surface area contributed by atoms with Gasteiger partial charge in [-0.3, -0.25) is 0 Å². The van der Waals surface area contributed by atoms with Crippen molar-refractivity contribution >= 4 is 0 Å². The van der Waals surface area contributed by atoms with Gasteiger partial charge >= 0.3 is 0 Å². The number of nitrogens with one attached hydrogen (secondary N) is 1. The maximum absolute atomic E-state index is 8.33. The van der Waals surface area contributed by atoms with Crippen molar-refractivity contribution in [2.45, 2.75) is 26.3 Å². The minimum atomic E-state index is 0.650. The van der Waals surface area contributed by atoms with Crippen LogP contribution in [0.15, 0.2) is 0 Å². The maximum atomic E-state index is 8.33. The van der Waals surface area contributed by atoms with Gasteiger partial charge in [-0.05, 0) is 32.7 Å². The van der Waals surface area contributed by atoms with E-state index in [4.69, 9.17) is 5.26 Å². The van der Waals surface area contributed by atoms with E-state index in [-0.39, 0.29) is 0 Å². The Morgan fingerprint density at radius 1 is 1.67 bits per heavy atom. The molecule has 1 N–H and O–H groups in total. The lowest BCUT2D eigenvalue weighted by molar-refractivity contribution is 0.265. The van der Waals surface area contributed by atoms with Gasteiger partial charge in [0.25, 0.3) is 0 Å². The Kier molecular flexibility index (Phi) is 3.36. The third-order valence-corrected chi connectivity index (χ3v) is 2.52. The molecule has 1 rings (SSSR count). The van der Waals surface area contributed by atoms with Crippen LogP contribution in [0.4, 0.5) is 0 Å². The first-order valence-electron chi connectivity index (χ1n) is 4.60. The Morgan fingerprint density at radius 2 is 2.42 bits per heavy atom. The average molecular weight is 167 g/mol. The van der Waals surface area contributed by atoms with Crippen molar-refractivity contribution in [1.29, 1.82) is 5.26 Å². The van der Waals surface area contributed by atoms with Gasteiger partial charge in [0.2, 0.25) is 0 Å². The quantitative estimate of drug-likeness (QED) is 0.499. The Bertz CT molecular complexity index is 171. The van der Waals surface area contributed by atoms with E-state index in [2.05, 4.69) is 24.1 Å². The summed E-state index contributed by atoms with van der Waals surface area (Å²) >= 11 is 0. The normalized spacial score (nSPS) is 24.3. The Hall–Kier alpha value is -0.750. The molecule has 12 heavy (non-hydrogen) atoms. The molecule has 0 aromatic rings. The summed E-state index contributed by atoms with van der Waals surface area (Å²) in [5, 5.41) is 11.1. The predicted molar refractivity (Wildman–Crippen MR) is 48.4 cm³/mol. The molecule has 0 spiro atoms. The SMILES string of the molecule is CC(C)N1CCC(CNC#N)C1. The van der Waals surface area contributed by atoms with Crippen molar-refractivity contribution in [3.63, 3.8) is 0 Å². The molecule has 3 heteroatoms. The Morgan fingerprint density at radius 3 is 2.92 bits per heavy atom. The largest absolute Gasteiger partial charge is 0.324 e. The van der Waals surface area contributed by atoms with E-state index >= 15 is 0 Å². The van der Waals surface area contributed by atoms with E-state index < -0.39 is 0 Å². The fraction of sp³-hybridized carbons (Fsp3) is 0.889. The van der Waals surface area contributed by atoms with Crippen LogP contribution in [0.25, 0.3) is 0 Å². The van der Waals surface area contributed by atoms with Gasteiger partial charge in [-0.15, -0.1) is 0 Å². The highest BCUT2D eigenvalue weighted by molar-refractivity contribution is 4.81. The monoisotopic (exact) mass is 167 g/mol. The molecule has 0 aromatic carbocycles. The highest BCUT2D eigenvalue weighted by Gasteiger charge is 2.23. The first-order chi connectivity index (χ1) is 5.74. The molecule has 68 valence electrons. The molecule has 0 bridgehead atoms. The van der Waals surface area contributed by atoms with Gasteiger partial charge in [0.05, 0.1) is 0 Å². The fourth-order valence-corrected chi connectivity index (χ4v) is 1.69. The second kappa shape index (κ2) is 4.32. The van der Waals surface area contributed by atoms with Crippen molar-refractivity contribution in [1.82, 2.24) is 10.2 Å². The second-order valence-corrected chi connectivity index (χ2v) is 3.74. The molecule has 1 atom stereocenters. The lowest BCUT2D eigenvalue weighted by Gasteiger charge is -2.19. The summed E-state index contributed by atoms with van der Waals surface area (Å²) in [5.41, 5.74) is 0. The first-order valence-corrected chi connectivity index (χ1v) is 4.60. The number of nitrogens with zero attached hydrogens (tertiary/aromatic N) is 2. The Labute approximate surface area is 74.4 Å². The number of nitriles is 1. The van der Waals surface area contributed by atoms with Gasteiger partial charge in [-0.1, -0.05) is 0 Å². The van der Waals surface area contributed by atoms with Crippen molar-refractivity contribution in [3.05, 3.63) is 0 Å². The Balaban J connectivity index is 2.22. The van der Waals surface area contributed by atoms with Gasteiger partial charge < -0.3 is 10.2 Å². The van der Waals surface area contributed by atoms with Crippen LogP contribution in [0.1, 0.15) is 20.3 Å². The minimum absolute atomic E-state index is 0.650. The molecule has 0 saturated carbocycles. The molecule has 0 amide bonds. The van der Waals surface area contributed by atoms with Crippen LogP contribution < -0.4 is 5.32 Å². The van der Waals surface area contributed by atoms with E-state index in [1.807, 2.05) is 6.19 Å². The van der Waals surface area contributed by atoms with Gasteiger partial charge in [0.15, 0.2) is 6.19 Å². The summed E-state index contributed by atoms with van der Waals surface area (Å²) in [7, 11) is 0. The van der Waals surface area contributed by atoms with E-state index in [1.54, 1.807) is 0 Å². The summed E-state index contributed by atoms with van der Waals surface area (Å²) in [4.78, 5) is 2.46. The van der Waals surface area contributed by atoms with E-state index in [0.717, 1.165) is 13.1 Å². The number of hydrogen-bond acceptors (Lipinski definition) is 3. The predicted octanol–water partition coefficient (Wildman–Crippen LogP) is 0.787. The standard InChI is InChI=1S/C9H17N3/c1-8(2)12-4-3-9(6-12)5-11-7-10/h8-9,11H,3-6H2,1-2H3. The molecule has 0 aromatic heterocycles. The van der Waals surface area contributed by atoms with Crippen molar-refractivity contribution in [3.8, 4) is 6.19 Å². The van der Waals surface area contributed by atoms with Crippen molar-refractivity contribution in [2.75, 3.05) is 19.6 Å². The minimum Gasteiger partial charge on any atom is -0.324 e. The molecular weight excluding hydrogens is 150 g/mol. The molecule has 0 radical (unpaired) electrons.